The SMILES string of the molecule is CCc1ccc(C(=O)COC(=O)c2cc(S(=O)(=O)N3CCOCC3)ccc2C)cc1. The lowest BCUT2D eigenvalue weighted by Gasteiger charge is -2.26. The molecule has 0 radical (unpaired) electrons. The quantitative estimate of drug-likeness (QED) is 0.495. The summed E-state index contributed by atoms with van der Waals surface area (Å²) >= 11 is 0. The molecule has 3 rings (SSSR count). The second-order valence-corrected chi connectivity index (χ2v) is 8.98. The fourth-order valence-corrected chi connectivity index (χ4v) is 4.57. The minimum Gasteiger partial charge on any atom is -0.454 e. The fourth-order valence-electron chi connectivity index (χ4n) is 3.14. The average molecular weight is 432 g/mol. The van der Waals surface area contributed by atoms with Gasteiger partial charge in [0.05, 0.1) is 23.7 Å². The lowest BCUT2D eigenvalue weighted by Crippen LogP contribution is -2.40. The average Bonchev–Trinajstić information content (AvgIpc) is 2.78. The smallest absolute Gasteiger partial charge is 0.338 e. The number of nitrogens with zero attached hydrogens (tertiary/aromatic N) is 1. The van der Waals surface area contributed by atoms with Crippen LogP contribution in [-0.2, 0) is 25.9 Å². The Balaban J connectivity index is 1.72. The van der Waals surface area contributed by atoms with Gasteiger partial charge in [-0.15, -0.1) is 0 Å². The van der Waals surface area contributed by atoms with Crippen molar-refractivity contribution in [1.82, 2.24) is 4.31 Å². The number of hydrogen-bond acceptors (Lipinski definition) is 6. The van der Waals surface area contributed by atoms with Crippen molar-refractivity contribution in [2.45, 2.75) is 25.2 Å². The minimum atomic E-state index is -3.74. The summed E-state index contributed by atoms with van der Waals surface area (Å²) in [6, 6.07) is 11.5. The Labute approximate surface area is 176 Å². The van der Waals surface area contributed by atoms with Crippen LogP contribution in [0.25, 0.3) is 0 Å². The standard InChI is InChI=1S/C22H25NO6S/c1-3-17-5-7-18(8-6-17)21(24)15-29-22(25)20-14-19(9-4-16(20)2)30(26,27)23-10-12-28-13-11-23/h4-9,14H,3,10-13,15H2,1-2H3. The molecule has 0 amide bonds. The molecule has 0 spiro atoms. The Morgan fingerprint density at radius 1 is 1.07 bits per heavy atom. The molecule has 1 heterocycles. The number of ketones is 1. The molecule has 0 aliphatic carbocycles. The molecule has 30 heavy (non-hydrogen) atoms. The van der Waals surface area contributed by atoms with E-state index in [-0.39, 0.29) is 29.3 Å². The molecule has 7 nitrogen and oxygen atoms in total. The van der Waals surface area contributed by atoms with Crippen LogP contribution in [0.1, 0.15) is 38.8 Å². The zero-order valence-electron chi connectivity index (χ0n) is 17.1. The number of sulfonamides is 1. The fraction of sp³-hybridized carbons (Fsp3) is 0.364. The number of morpholine rings is 1. The van der Waals surface area contributed by atoms with Gasteiger partial charge in [-0.25, -0.2) is 13.2 Å². The molecule has 1 fully saturated rings. The Kier molecular flexibility index (Phi) is 7.02. The van der Waals surface area contributed by atoms with Gasteiger partial charge >= 0.3 is 5.97 Å². The summed E-state index contributed by atoms with van der Waals surface area (Å²) in [4.78, 5) is 24.9. The molecule has 0 bridgehead atoms. The number of Topliss-reactive ketones (excluding diaryl/α,β-unsaturated/α-hetero) is 1. The van der Waals surface area contributed by atoms with Gasteiger partial charge < -0.3 is 9.47 Å². The van der Waals surface area contributed by atoms with Gasteiger partial charge in [-0.1, -0.05) is 37.3 Å². The number of esters is 1. The number of carbonyl (C=O) groups is 2. The van der Waals surface area contributed by atoms with Gasteiger partial charge in [0.15, 0.2) is 12.4 Å². The number of ether oxygens (including phenoxy) is 2. The van der Waals surface area contributed by atoms with Crippen LogP contribution in [0.5, 0.6) is 0 Å². The predicted molar refractivity (Wildman–Crippen MR) is 111 cm³/mol. The number of hydrogen-bond donors (Lipinski definition) is 0. The molecule has 1 aliphatic heterocycles. The van der Waals surface area contributed by atoms with E-state index in [1.165, 1.54) is 16.4 Å². The number of carbonyl (C=O) groups excluding carboxylic acids is 2. The summed E-state index contributed by atoms with van der Waals surface area (Å²) < 4.78 is 37.4. The van der Waals surface area contributed by atoms with E-state index in [0.29, 0.717) is 24.3 Å². The molecule has 0 N–H and O–H groups in total. The van der Waals surface area contributed by atoms with Crippen molar-refractivity contribution in [2.24, 2.45) is 0 Å². The predicted octanol–water partition coefficient (Wildman–Crippen LogP) is 2.62. The zero-order valence-corrected chi connectivity index (χ0v) is 17.9. The van der Waals surface area contributed by atoms with Gasteiger partial charge in [0.2, 0.25) is 10.0 Å². The van der Waals surface area contributed by atoms with E-state index in [0.717, 1.165) is 12.0 Å². The van der Waals surface area contributed by atoms with Gasteiger partial charge in [0.25, 0.3) is 0 Å². The Morgan fingerprint density at radius 2 is 1.73 bits per heavy atom. The first-order chi connectivity index (χ1) is 14.3. The van der Waals surface area contributed by atoms with E-state index < -0.39 is 22.6 Å². The van der Waals surface area contributed by atoms with Crippen molar-refractivity contribution in [3.8, 4) is 0 Å². The van der Waals surface area contributed by atoms with Crippen LogP contribution in [-0.4, -0.2) is 57.4 Å². The monoisotopic (exact) mass is 431 g/mol. The van der Waals surface area contributed by atoms with E-state index >= 15 is 0 Å². The maximum Gasteiger partial charge on any atom is 0.338 e. The maximum atomic E-state index is 12.8. The second-order valence-electron chi connectivity index (χ2n) is 7.04. The highest BCUT2D eigenvalue weighted by atomic mass is 32.2. The number of rotatable bonds is 7. The van der Waals surface area contributed by atoms with Gasteiger partial charge in [0, 0.05) is 18.7 Å². The van der Waals surface area contributed by atoms with E-state index in [1.54, 1.807) is 25.1 Å². The second kappa shape index (κ2) is 9.51. The summed E-state index contributed by atoms with van der Waals surface area (Å²) in [5, 5.41) is 0. The molecule has 8 heteroatoms. The third-order valence-electron chi connectivity index (χ3n) is 5.06. The Hall–Kier alpha value is -2.55. The van der Waals surface area contributed by atoms with Crippen LogP contribution >= 0.6 is 0 Å². The lowest BCUT2D eigenvalue weighted by molar-refractivity contribution is 0.0473. The molecule has 0 unspecified atom stereocenters. The van der Waals surface area contributed by atoms with Crippen LogP contribution < -0.4 is 0 Å². The minimum absolute atomic E-state index is 0.0171. The van der Waals surface area contributed by atoms with E-state index in [1.807, 2.05) is 19.1 Å². The Bertz CT molecular complexity index is 1020. The molecule has 0 saturated carbocycles. The van der Waals surface area contributed by atoms with Crippen molar-refractivity contribution in [3.63, 3.8) is 0 Å². The van der Waals surface area contributed by atoms with Crippen molar-refractivity contribution in [2.75, 3.05) is 32.9 Å². The topological polar surface area (TPSA) is 90.0 Å². The highest BCUT2D eigenvalue weighted by Crippen LogP contribution is 2.21. The number of benzene rings is 2. The lowest BCUT2D eigenvalue weighted by atomic mass is 10.1. The first-order valence-corrected chi connectivity index (χ1v) is 11.2. The highest BCUT2D eigenvalue weighted by molar-refractivity contribution is 7.89. The van der Waals surface area contributed by atoms with Crippen LogP contribution in [0.2, 0.25) is 0 Å². The summed E-state index contributed by atoms with van der Waals surface area (Å²) in [5.41, 5.74) is 2.26. The highest BCUT2D eigenvalue weighted by Gasteiger charge is 2.27. The summed E-state index contributed by atoms with van der Waals surface area (Å²) in [7, 11) is -3.74. The summed E-state index contributed by atoms with van der Waals surface area (Å²) in [6.45, 7) is 4.50. The molecule has 2 aromatic rings. The maximum absolute atomic E-state index is 12.8. The molecular weight excluding hydrogens is 406 g/mol. The van der Waals surface area contributed by atoms with E-state index in [4.69, 9.17) is 9.47 Å². The zero-order chi connectivity index (χ0) is 21.7. The number of aryl methyl sites for hydroxylation is 2. The van der Waals surface area contributed by atoms with Crippen LogP contribution in [0, 0.1) is 6.92 Å². The molecule has 2 aromatic carbocycles. The molecular formula is C22H25NO6S. The molecule has 1 saturated heterocycles. The first-order valence-electron chi connectivity index (χ1n) is 9.80. The summed E-state index contributed by atoms with van der Waals surface area (Å²) in [5.74, 6) is -1.05. The van der Waals surface area contributed by atoms with E-state index in [9.17, 15) is 18.0 Å². The van der Waals surface area contributed by atoms with Gasteiger partial charge in [-0.05, 0) is 36.6 Å². The molecule has 0 atom stereocenters. The van der Waals surface area contributed by atoms with Crippen molar-refractivity contribution < 1.29 is 27.5 Å². The van der Waals surface area contributed by atoms with Gasteiger partial charge in [-0.2, -0.15) is 4.31 Å². The third kappa shape index (κ3) is 4.95. The largest absolute Gasteiger partial charge is 0.454 e. The van der Waals surface area contributed by atoms with Crippen molar-refractivity contribution in [3.05, 3.63) is 64.7 Å². The third-order valence-corrected chi connectivity index (χ3v) is 6.95. The normalized spacial score (nSPS) is 15.0. The van der Waals surface area contributed by atoms with Crippen LogP contribution in [0.15, 0.2) is 47.4 Å². The molecule has 0 aromatic heterocycles. The molecule has 1 aliphatic rings. The van der Waals surface area contributed by atoms with Crippen LogP contribution in [0.3, 0.4) is 0 Å². The Morgan fingerprint density at radius 3 is 2.37 bits per heavy atom. The van der Waals surface area contributed by atoms with Gasteiger partial charge in [-0.3, -0.25) is 4.79 Å². The van der Waals surface area contributed by atoms with E-state index in [2.05, 4.69) is 0 Å². The van der Waals surface area contributed by atoms with Gasteiger partial charge in [0.1, 0.15) is 0 Å². The van der Waals surface area contributed by atoms with Crippen molar-refractivity contribution >= 4 is 21.8 Å². The van der Waals surface area contributed by atoms with Crippen molar-refractivity contribution in [1.29, 1.82) is 0 Å². The van der Waals surface area contributed by atoms with Crippen LogP contribution in [0.4, 0.5) is 0 Å². The summed E-state index contributed by atoms with van der Waals surface area (Å²) in [6.07, 6.45) is 0.867. The molecule has 160 valence electrons. The first kappa shape index (κ1) is 22.1.